The molecule has 28 heavy (non-hydrogen) atoms. The molecule has 2 rings (SSSR count). The molecule has 0 fully saturated rings. The van der Waals surface area contributed by atoms with Crippen LogP contribution in [-0.2, 0) is 10.8 Å². The van der Waals surface area contributed by atoms with Crippen molar-refractivity contribution in [3.8, 4) is 0 Å². The van der Waals surface area contributed by atoms with Crippen molar-refractivity contribution in [3.05, 3.63) is 41.0 Å². The van der Waals surface area contributed by atoms with Crippen LogP contribution in [0, 0.1) is 5.92 Å². The van der Waals surface area contributed by atoms with Gasteiger partial charge in [-0.25, -0.2) is 0 Å². The molecule has 1 aliphatic rings. The van der Waals surface area contributed by atoms with E-state index in [4.69, 9.17) is 4.43 Å². The van der Waals surface area contributed by atoms with E-state index in [1.54, 1.807) is 0 Å². The maximum absolute atomic E-state index is 10.1. The van der Waals surface area contributed by atoms with Gasteiger partial charge in [-0.05, 0) is 79.8 Å². The van der Waals surface area contributed by atoms with E-state index in [1.165, 1.54) is 36.0 Å². The topological polar surface area (TPSA) is 29.5 Å². The second-order valence-electron chi connectivity index (χ2n) is 10.9. The van der Waals surface area contributed by atoms with Crippen molar-refractivity contribution < 1.29 is 9.53 Å². The van der Waals surface area contributed by atoms with Gasteiger partial charge in [-0.15, -0.1) is 0 Å². The molecule has 0 spiro atoms. The lowest BCUT2D eigenvalue weighted by Crippen LogP contribution is -2.42. The molecule has 0 saturated heterocycles. The molecule has 0 heterocycles. The fourth-order valence-electron chi connectivity index (χ4n) is 3.71. The predicted molar refractivity (Wildman–Crippen MR) is 124 cm³/mol. The van der Waals surface area contributed by atoms with Crippen LogP contribution in [0.1, 0.15) is 83.4 Å². The van der Waals surface area contributed by atoms with Crippen LogP contribution in [0.15, 0.2) is 24.3 Å². The maximum Gasteiger partial charge on any atom is 0.191 e. The van der Waals surface area contributed by atoms with Gasteiger partial charge in [0.15, 0.2) is 8.32 Å². The summed E-state index contributed by atoms with van der Waals surface area (Å²) in [6.45, 7) is 18.5. The van der Waals surface area contributed by atoms with Crippen molar-refractivity contribution in [2.75, 3.05) is 6.61 Å². The largest absolute Gasteiger partial charge is 0.417 e. The van der Waals surface area contributed by atoms with Crippen molar-refractivity contribution in [1.82, 2.24) is 0 Å². The summed E-state index contributed by atoms with van der Waals surface area (Å²) in [5.41, 5.74) is 3.40. The normalized spacial score (nSPS) is 22.0. The van der Waals surface area contributed by atoms with Crippen LogP contribution in [0.2, 0.25) is 18.1 Å². The molecule has 0 aromatic heterocycles. The van der Waals surface area contributed by atoms with Crippen LogP contribution >= 0.6 is 0 Å². The highest BCUT2D eigenvalue weighted by Crippen LogP contribution is 2.38. The third kappa shape index (κ3) is 6.30. The van der Waals surface area contributed by atoms with Crippen LogP contribution in [-0.4, -0.2) is 25.6 Å². The Morgan fingerprint density at radius 1 is 1.14 bits per heavy atom. The van der Waals surface area contributed by atoms with Crippen molar-refractivity contribution in [2.24, 2.45) is 5.92 Å². The second kappa shape index (κ2) is 8.85. The SMILES string of the molecule is C[C@@H]1CCC[C@@H](CO[Si](C)(C)C(C)(C)C)Cc2c(/C=C/C(C)(C)O)cccc21. The van der Waals surface area contributed by atoms with Crippen LogP contribution in [0.3, 0.4) is 0 Å². The summed E-state index contributed by atoms with van der Waals surface area (Å²) in [6.07, 6.45) is 8.84. The zero-order valence-corrected chi connectivity index (χ0v) is 20.4. The highest BCUT2D eigenvalue weighted by atomic mass is 28.4. The standard InChI is InChI=1S/C25H42O2Si/c1-19-11-9-12-20(18-27-28(7,8)24(2,3)4)17-23-21(13-10-14-22(19)23)15-16-25(5,6)26/h10,13-16,19-20,26H,9,11-12,17-18H2,1-8H3/b16-15+/t19-,20-/m1/s1. The van der Waals surface area contributed by atoms with Crippen LogP contribution in [0.4, 0.5) is 0 Å². The Labute approximate surface area is 174 Å². The number of benzene rings is 1. The number of hydrogen-bond donors (Lipinski definition) is 1. The summed E-state index contributed by atoms with van der Waals surface area (Å²) in [4.78, 5) is 0. The summed E-state index contributed by atoms with van der Waals surface area (Å²) in [6, 6.07) is 6.67. The predicted octanol–water partition coefficient (Wildman–Crippen LogP) is 6.94. The molecule has 1 aromatic rings. The lowest BCUT2D eigenvalue weighted by atomic mass is 9.80. The van der Waals surface area contributed by atoms with Crippen molar-refractivity contribution in [1.29, 1.82) is 0 Å². The first-order valence-corrected chi connectivity index (χ1v) is 13.9. The molecule has 0 amide bonds. The third-order valence-corrected chi connectivity index (χ3v) is 11.2. The van der Waals surface area contributed by atoms with Gasteiger partial charge in [0.25, 0.3) is 0 Å². The Balaban J connectivity index is 2.28. The van der Waals surface area contributed by atoms with Gasteiger partial charge in [-0.2, -0.15) is 0 Å². The molecule has 1 N–H and O–H groups in total. The van der Waals surface area contributed by atoms with Gasteiger partial charge in [0.1, 0.15) is 0 Å². The second-order valence-corrected chi connectivity index (χ2v) is 15.7. The summed E-state index contributed by atoms with van der Waals surface area (Å²) in [7, 11) is -1.72. The van der Waals surface area contributed by atoms with Gasteiger partial charge < -0.3 is 9.53 Å². The first-order chi connectivity index (χ1) is 12.8. The van der Waals surface area contributed by atoms with Crippen molar-refractivity contribution >= 4 is 14.4 Å². The average molecular weight is 403 g/mol. The van der Waals surface area contributed by atoms with Crippen LogP contribution < -0.4 is 0 Å². The van der Waals surface area contributed by atoms with Gasteiger partial charge in [0.2, 0.25) is 0 Å². The molecule has 1 aromatic carbocycles. The smallest absolute Gasteiger partial charge is 0.191 e. The van der Waals surface area contributed by atoms with E-state index in [0.717, 1.165) is 13.0 Å². The van der Waals surface area contributed by atoms with E-state index in [0.29, 0.717) is 11.8 Å². The molecular formula is C25H42O2Si. The lowest BCUT2D eigenvalue weighted by molar-refractivity contribution is 0.134. The fourth-order valence-corrected chi connectivity index (χ4v) is 4.80. The molecule has 0 saturated carbocycles. The lowest BCUT2D eigenvalue weighted by Gasteiger charge is -2.38. The highest BCUT2D eigenvalue weighted by molar-refractivity contribution is 6.74. The molecular weight excluding hydrogens is 360 g/mol. The Morgan fingerprint density at radius 3 is 2.43 bits per heavy atom. The minimum atomic E-state index is -1.72. The molecule has 0 bridgehead atoms. The van der Waals surface area contributed by atoms with E-state index >= 15 is 0 Å². The molecule has 1 aliphatic carbocycles. The van der Waals surface area contributed by atoms with E-state index in [9.17, 15) is 5.11 Å². The van der Waals surface area contributed by atoms with E-state index < -0.39 is 13.9 Å². The average Bonchev–Trinajstić information content (AvgIpc) is 2.54. The molecule has 2 atom stereocenters. The first-order valence-electron chi connectivity index (χ1n) is 11.0. The van der Waals surface area contributed by atoms with Gasteiger partial charge >= 0.3 is 0 Å². The molecule has 2 nitrogen and oxygen atoms in total. The summed E-state index contributed by atoms with van der Waals surface area (Å²) >= 11 is 0. The van der Waals surface area contributed by atoms with E-state index in [2.05, 4.69) is 65.1 Å². The monoisotopic (exact) mass is 402 g/mol. The van der Waals surface area contributed by atoms with Gasteiger partial charge in [-0.3, -0.25) is 0 Å². The highest BCUT2D eigenvalue weighted by Gasteiger charge is 2.37. The van der Waals surface area contributed by atoms with Crippen LogP contribution in [0.25, 0.3) is 6.08 Å². The van der Waals surface area contributed by atoms with Gasteiger partial charge in [0, 0.05) is 6.61 Å². The summed E-state index contributed by atoms with van der Waals surface area (Å²) in [5, 5.41) is 10.4. The zero-order chi connectivity index (χ0) is 21.2. The molecule has 3 heteroatoms. The Bertz CT molecular complexity index is 677. The Morgan fingerprint density at radius 2 is 1.82 bits per heavy atom. The fraction of sp³-hybridized carbons (Fsp3) is 0.680. The van der Waals surface area contributed by atoms with E-state index in [-0.39, 0.29) is 5.04 Å². The zero-order valence-electron chi connectivity index (χ0n) is 19.4. The first kappa shape index (κ1) is 23.4. The summed E-state index contributed by atoms with van der Waals surface area (Å²) < 4.78 is 6.61. The molecule has 158 valence electrons. The van der Waals surface area contributed by atoms with Gasteiger partial charge in [-0.1, -0.05) is 64.5 Å². The number of fused-ring (bicyclic) bond motifs is 1. The number of hydrogen-bond acceptors (Lipinski definition) is 2. The quantitative estimate of drug-likeness (QED) is 0.541. The van der Waals surface area contributed by atoms with Crippen molar-refractivity contribution in [3.63, 3.8) is 0 Å². The Kier molecular flexibility index (Phi) is 7.39. The number of aliphatic hydroxyl groups is 1. The van der Waals surface area contributed by atoms with Gasteiger partial charge in [0.05, 0.1) is 5.60 Å². The Hall–Kier alpha value is -0.903. The summed E-state index contributed by atoms with van der Waals surface area (Å²) in [5.74, 6) is 1.16. The third-order valence-electron chi connectivity index (χ3n) is 6.68. The van der Waals surface area contributed by atoms with Crippen molar-refractivity contribution in [2.45, 2.75) is 96.9 Å². The maximum atomic E-state index is 10.1. The minimum Gasteiger partial charge on any atom is -0.417 e. The van der Waals surface area contributed by atoms with E-state index in [1.807, 2.05) is 19.9 Å². The molecule has 0 unspecified atom stereocenters. The minimum absolute atomic E-state index is 0.252. The van der Waals surface area contributed by atoms with Crippen LogP contribution in [0.5, 0.6) is 0 Å². The number of rotatable bonds is 5. The molecule has 0 aliphatic heterocycles. The molecule has 0 radical (unpaired) electrons.